The van der Waals surface area contributed by atoms with E-state index >= 15 is 0 Å². The van der Waals surface area contributed by atoms with Gasteiger partial charge < -0.3 is 5.11 Å². The molecule has 1 unspecified atom stereocenters. The lowest BCUT2D eigenvalue weighted by molar-refractivity contribution is -0.139. The molecule has 13 heavy (non-hydrogen) atoms. The second-order valence-electron chi connectivity index (χ2n) is 2.96. The minimum atomic E-state index is -0.696. The normalized spacial score (nSPS) is 22.2. The average molecular weight is 216 g/mol. The minimum absolute atomic E-state index is 0.296. The predicted molar refractivity (Wildman–Crippen MR) is 53.0 cm³/mol. The van der Waals surface area contributed by atoms with E-state index in [1.165, 1.54) is 0 Å². The molecular formula is C8H10NO2S2+. The van der Waals surface area contributed by atoms with Crippen LogP contribution in [0.15, 0.2) is 10.8 Å². The molecule has 1 N–H and O–H groups in total. The van der Waals surface area contributed by atoms with Gasteiger partial charge >= 0.3 is 9.95 Å². The van der Waals surface area contributed by atoms with Gasteiger partial charge in [0.25, 0.3) is 6.04 Å². The first-order valence-electron chi connectivity index (χ1n) is 4.14. The van der Waals surface area contributed by atoms with E-state index in [1.54, 1.807) is 22.7 Å². The van der Waals surface area contributed by atoms with Gasteiger partial charge in [-0.25, -0.2) is 4.79 Å². The van der Waals surface area contributed by atoms with Gasteiger partial charge in [0.2, 0.25) is 0 Å². The molecule has 2 heterocycles. The number of nitrogens with zero attached hydrogens (tertiary/aromatic N) is 1. The van der Waals surface area contributed by atoms with Crippen LogP contribution in [0.4, 0.5) is 0 Å². The van der Waals surface area contributed by atoms with E-state index in [0.29, 0.717) is 0 Å². The molecule has 0 bridgehead atoms. The minimum Gasteiger partial charge on any atom is -0.476 e. The number of rotatable bonds is 1. The molecule has 1 atom stereocenters. The first-order chi connectivity index (χ1) is 6.29. The highest BCUT2D eigenvalue weighted by atomic mass is 32.2. The Kier molecular flexibility index (Phi) is 2.46. The van der Waals surface area contributed by atoms with Crippen LogP contribution in [-0.2, 0) is 4.79 Å². The smallest absolute Gasteiger partial charge is 0.373 e. The topological polar surface area (TPSA) is 40.3 Å². The molecule has 3 nitrogen and oxygen atoms in total. The zero-order valence-electron chi connectivity index (χ0n) is 6.97. The quantitative estimate of drug-likeness (QED) is 0.706. The van der Waals surface area contributed by atoms with Gasteiger partial charge in [-0.05, 0) is 0 Å². The van der Waals surface area contributed by atoms with Crippen molar-refractivity contribution in [3.63, 3.8) is 0 Å². The maximum Gasteiger partial charge on any atom is 0.373 e. The molecule has 0 amide bonds. The molecule has 0 aromatic carbocycles. The number of carboxylic acids is 1. The number of aliphatic carboxylic acids is 1. The number of hydrogen-bond donors (Lipinski definition) is 1. The van der Waals surface area contributed by atoms with Gasteiger partial charge in [0, 0.05) is 23.6 Å². The Bertz CT molecular complexity index is 363. The summed E-state index contributed by atoms with van der Waals surface area (Å²) >= 11 is 3.24. The molecule has 1 aliphatic heterocycles. The van der Waals surface area contributed by atoms with E-state index in [0.717, 1.165) is 23.4 Å². The first-order valence-corrected chi connectivity index (χ1v) is 5.89. The molecule has 0 aliphatic carbocycles. The molecule has 1 saturated heterocycles. The third kappa shape index (κ3) is 1.66. The van der Waals surface area contributed by atoms with Gasteiger partial charge in [0.15, 0.2) is 0 Å². The molecule has 0 saturated carbocycles. The van der Waals surface area contributed by atoms with E-state index in [-0.39, 0.29) is 6.04 Å². The molecule has 0 radical (unpaired) electrons. The summed E-state index contributed by atoms with van der Waals surface area (Å²) in [6, 6.07) is -0.296. The zero-order chi connectivity index (χ0) is 9.26. The SMILES string of the molecule is O=C(O)C1CCC[N+]1=c1sccs1. The fourth-order valence-corrected chi connectivity index (χ4v) is 3.52. The summed E-state index contributed by atoms with van der Waals surface area (Å²) in [6.45, 7) is 0.883. The van der Waals surface area contributed by atoms with Crippen LogP contribution in [0.5, 0.6) is 0 Å². The van der Waals surface area contributed by atoms with Gasteiger partial charge in [-0.2, -0.15) is 4.58 Å². The number of hydrogen-bond acceptors (Lipinski definition) is 3. The van der Waals surface area contributed by atoms with E-state index in [2.05, 4.69) is 0 Å². The molecule has 1 aromatic heterocycles. The maximum absolute atomic E-state index is 10.9. The van der Waals surface area contributed by atoms with Crippen molar-refractivity contribution in [2.75, 3.05) is 6.54 Å². The summed E-state index contributed by atoms with van der Waals surface area (Å²) < 4.78 is 3.11. The molecular weight excluding hydrogens is 206 g/mol. The largest absolute Gasteiger partial charge is 0.476 e. The van der Waals surface area contributed by atoms with Crippen LogP contribution in [0.3, 0.4) is 0 Å². The Morgan fingerprint density at radius 2 is 2.23 bits per heavy atom. The summed E-state index contributed by atoms with van der Waals surface area (Å²) in [5.41, 5.74) is 0. The molecule has 70 valence electrons. The third-order valence-corrected chi connectivity index (χ3v) is 4.33. The molecule has 1 aliphatic rings. The lowest BCUT2D eigenvalue weighted by Crippen LogP contribution is -2.37. The molecule has 2 rings (SSSR count). The second-order valence-corrected chi connectivity index (χ2v) is 5.01. The lowest BCUT2D eigenvalue weighted by atomic mass is 10.2. The van der Waals surface area contributed by atoms with Crippen molar-refractivity contribution in [3.05, 3.63) is 14.7 Å². The molecule has 1 aromatic rings. The summed E-state index contributed by atoms with van der Waals surface area (Å²) in [4.78, 5) is 10.9. The zero-order valence-corrected chi connectivity index (χ0v) is 8.61. The van der Waals surface area contributed by atoms with Crippen LogP contribution in [-0.4, -0.2) is 23.7 Å². The highest BCUT2D eigenvalue weighted by molar-refractivity contribution is 7.24. The summed E-state index contributed by atoms with van der Waals surface area (Å²) in [5, 5.41) is 12.9. The van der Waals surface area contributed by atoms with Crippen molar-refractivity contribution < 1.29 is 9.90 Å². The Labute approximate surface area is 83.6 Å². The summed E-state index contributed by atoms with van der Waals surface area (Å²) in [7, 11) is 0. The van der Waals surface area contributed by atoms with Gasteiger partial charge in [-0.3, -0.25) is 0 Å². The van der Waals surface area contributed by atoms with Crippen molar-refractivity contribution >= 4 is 28.6 Å². The fraction of sp³-hybridized carbons (Fsp3) is 0.500. The van der Waals surface area contributed by atoms with Crippen LogP contribution in [0, 0.1) is 0 Å². The molecule has 1 fully saturated rings. The van der Waals surface area contributed by atoms with Crippen molar-refractivity contribution in [2.24, 2.45) is 0 Å². The molecule has 5 heteroatoms. The Morgan fingerprint density at radius 1 is 1.54 bits per heavy atom. The highest BCUT2D eigenvalue weighted by Crippen LogP contribution is 2.10. The monoisotopic (exact) mass is 216 g/mol. The van der Waals surface area contributed by atoms with Crippen molar-refractivity contribution in [3.8, 4) is 0 Å². The van der Waals surface area contributed by atoms with Crippen molar-refractivity contribution in [1.82, 2.24) is 4.58 Å². The van der Waals surface area contributed by atoms with Gasteiger partial charge in [0.05, 0.1) is 0 Å². The summed E-state index contributed by atoms with van der Waals surface area (Å²) in [5.74, 6) is -0.696. The second kappa shape index (κ2) is 3.59. The number of carbonyl (C=O) groups is 1. The Morgan fingerprint density at radius 3 is 2.85 bits per heavy atom. The Balaban J connectivity index is 2.45. The van der Waals surface area contributed by atoms with E-state index in [4.69, 9.17) is 5.11 Å². The van der Waals surface area contributed by atoms with Crippen molar-refractivity contribution in [2.45, 2.75) is 18.9 Å². The maximum atomic E-state index is 10.9. The number of carboxylic acid groups (broad SMARTS) is 1. The van der Waals surface area contributed by atoms with Crippen LogP contribution in [0.2, 0.25) is 0 Å². The fourth-order valence-electron chi connectivity index (χ4n) is 1.58. The van der Waals surface area contributed by atoms with E-state index in [9.17, 15) is 4.79 Å². The van der Waals surface area contributed by atoms with Gasteiger partial charge in [-0.1, -0.05) is 22.7 Å². The molecule has 0 spiro atoms. The van der Waals surface area contributed by atoms with Crippen LogP contribution < -0.4 is 8.56 Å². The van der Waals surface area contributed by atoms with Crippen LogP contribution in [0.1, 0.15) is 12.8 Å². The van der Waals surface area contributed by atoms with Crippen LogP contribution in [0.25, 0.3) is 0 Å². The van der Waals surface area contributed by atoms with Crippen LogP contribution >= 0.6 is 22.7 Å². The standard InChI is InChI=1S/C8H9NO2S2/c10-7(11)6-2-1-3-9(6)8-12-4-5-13-8/h4-6H,1-3H2/p+1. The van der Waals surface area contributed by atoms with Crippen molar-refractivity contribution in [1.29, 1.82) is 0 Å². The van der Waals surface area contributed by atoms with Gasteiger partial charge in [0.1, 0.15) is 6.54 Å². The summed E-state index contributed by atoms with van der Waals surface area (Å²) in [6.07, 6.45) is 1.77. The van der Waals surface area contributed by atoms with E-state index in [1.807, 2.05) is 15.3 Å². The first kappa shape index (κ1) is 8.90. The predicted octanol–water partition coefficient (Wildman–Crippen LogP) is 0.829. The van der Waals surface area contributed by atoms with Gasteiger partial charge in [-0.15, -0.1) is 0 Å². The average Bonchev–Trinajstić information content (AvgIpc) is 2.74. The highest BCUT2D eigenvalue weighted by Gasteiger charge is 2.35. The Hall–Kier alpha value is -0.680. The third-order valence-electron chi connectivity index (χ3n) is 2.17. The van der Waals surface area contributed by atoms with E-state index < -0.39 is 5.97 Å². The lowest BCUT2D eigenvalue weighted by Gasteiger charge is -1.98.